The standard InChI is InChI=1S/C15H16ClNOS/c1-2-15(18)14-8-7-13(9-17-14)19-10-11-3-5-12(16)6-4-11/h3-9,15,18H,2,10H2,1H3. The Kier molecular flexibility index (Phi) is 5.25. The van der Waals surface area contributed by atoms with Gasteiger partial charge >= 0.3 is 0 Å². The second-order valence-corrected chi connectivity index (χ2v) is 5.74. The van der Waals surface area contributed by atoms with Crippen LogP contribution >= 0.6 is 23.4 Å². The molecule has 0 aliphatic rings. The highest BCUT2D eigenvalue weighted by Crippen LogP contribution is 2.24. The molecule has 2 nitrogen and oxygen atoms in total. The van der Waals surface area contributed by atoms with Crippen molar-refractivity contribution in [3.05, 3.63) is 58.9 Å². The van der Waals surface area contributed by atoms with Gasteiger partial charge in [-0.3, -0.25) is 4.98 Å². The molecule has 19 heavy (non-hydrogen) atoms. The molecule has 1 heterocycles. The zero-order valence-corrected chi connectivity index (χ0v) is 12.3. The van der Waals surface area contributed by atoms with Crippen molar-refractivity contribution in [1.82, 2.24) is 4.98 Å². The third kappa shape index (κ3) is 4.23. The lowest BCUT2D eigenvalue weighted by Crippen LogP contribution is -1.97. The molecule has 0 aliphatic heterocycles. The Bertz CT molecular complexity index is 513. The van der Waals surface area contributed by atoms with Crippen LogP contribution in [0.3, 0.4) is 0 Å². The van der Waals surface area contributed by atoms with Crippen LogP contribution in [0, 0.1) is 0 Å². The summed E-state index contributed by atoms with van der Waals surface area (Å²) in [5.74, 6) is 0.883. The van der Waals surface area contributed by atoms with Gasteiger partial charge in [-0.05, 0) is 36.2 Å². The van der Waals surface area contributed by atoms with Gasteiger partial charge in [0.2, 0.25) is 0 Å². The van der Waals surface area contributed by atoms with E-state index in [1.807, 2.05) is 49.5 Å². The van der Waals surface area contributed by atoms with E-state index in [0.29, 0.717) is 6.42 Å². The summed E-state index contributed by atoms with van der Waals surface area (Å²) in [5, 5.41) is 10.4. The number of hydrogen-bond donors (Lipinski definition) is 1. The van der Waals surface area contributed by atoms with Gasteiger partial charge in [0.1, 0.15) is 0 Å². The molecule has 1 aromatic carbocycles. The van der Waals surface area contributed by atoms with Crippen LogP contribution in [0.5, 0.6) is 0 Å². The fourth-order valence-electron chi connectivity index (χ4n) is 1.63. The smallest absolute Gasteiger partial charge is 0.0957 e. The average molecular weight is 294 g/mol. The Morgan fingerprint density at radius 3 is 2.53 bits per heavy atom. The lowest BCUT2D eigenvalue weighted by Gasteiger charge is -2.07. The van der Waals surface area contributed by atoms with Crippen LogP contribution in [-0.2, 0) is 5.75 Å². The number of aliphatic hydroxyl groups is 1. The minimum Gasteiger partial charge on any atom is -0.387 e. The summed E-state index contributed by atoms with van der Waals surface area (Å²) in [6.45, 7) is 1.94. The highest BCUT2D eigenvalue weighted by molar-refractivity contribution is 7.98. The van der Waals surface area contributed by atoms with Crippen molar-refractivity contribution in [1.29, 1.82) is 0 Å². The number of pyridine rings is 1. The third-order valence-corrected chi connectivity index (χ3v) is 4.11. The first kappa shape index (κ1) is 14.4. The Labute approximate surface area is 122 Å². The minimum atomic E-state index is -0.463. The zero-order chi connectivity index (χ0) is 13.7. The van der Waals surface area contributed by atoms with Crippen molar-refractivity contribution in [2.75, 3.05) is 0 Å². The molecule has 100 valence electrons. The van der Waals surface area contributed by atoms with Crippen molar-refractivity contribution < 1.29 is 5.11 Å². The van der Waals surface area contributed by atoms with Crippen molar-refractivity contribution >= 4 is 23.4 Å². The highest BCUT2D eigenvalue weighted by Gasteiger charge is 2.06. The van der Waals surface area contributed by atoms with Gasteiger partial charge in [-0.1, -0.05) is 30.7 Å². The molecule has 0 bridgehead atoms. The maximum atomic E-state index is 9.67. The number of halogens is 1. The Hall–Kier alpha value is -1.03. The van der Waals surface area contributed by atoms with Crippen LogP contribution in [0.2, 0.25) is 5.02 Å². The monoisotopic (exact) mass is 293 g/mol. The average Bonchev–Trinajstić information content (AvgIpc) is 2.46. The van der Waals surface area contributed by atoms with E-state index in [1.165, 1.54) is 5.56 Å². The predicted molar refractivity (Wildman–Crippen MR) is 80.5 cm³/mol. The lowest BCUT2D eigenvalue weighted by molar-refractivity contribution is 0.169. The van der Waals surface area contributed by atoms with E-state index in [1.54, 1.807) is 11.8 Å². The molecule has 0 amide bonds. The third-order valence-electron chi connectivity index (χ3n) is 2.81. The van der Waals surface area contributed by atoms with Gasteiger partial charge in [0.05, 0.1) is 11.8 Å². The van der Waals surface area contributed by atoms with Gasteiger partial charge in [-0.25, -0.2) is 0 Å². The number of nitrogens with zero attached hydrogens (tertiary/aromatic N) is 1. The summed E-state index contributed by atoms with van der Waals surface area (Å²) in [5.41, 5.74) is 1.96. The SMILES string of the molecule is CCC(O)c1ccc(SCc2ccc(Cl)cc2)cn1. The molecule has 0 spiro atoms. The van der Waals surface area contributed by atoms with Crippen LogP contribution in [0.1, 0.15) is 30.7 Å². The van der Waals surface area contributed by atoms with Crippen molar-refractivity contribution in [2.45, 2.75) is 30.1 Å². The van der Waals surface area contributed by atoms with E-state index in [-0.39, 0.29) is 0 Å². The van der Waals surface area contributed by atoms with Gasteiger partial charge in [-0.2, -0.15) is 0 Å². The zero-order valence-electron chi connectivity index (χ0n) is 10.7. The summed E-state index contributed by atoms with van der Waals surface area (Å²) in [7, 11) is 0. The molecule has 2 aromatic rings. The van der Waals surface area contributed by atoms with Crippen molar-refractivity contribution in [3.63, 3.8) is 0 Å². The van der Waals surface area contributed by atoms with Crippen LogP contribution in [-0.4, -0.2) is 10.1 Å². The van der Waals surface area contributed by atoms with E-state index in [2.05, 4.69) is 4.98 Å². The first-order chi connectivity index (χ1) is 9.19. The molecule has 1 aromatic heterocycles. The van der Waals surface area contributed by atoms with Crippen LogP contribution in [0.25, 0.3) is 0 Å². The summed E-state index contributed by atoms with van der Waals surface area (Å²) in [6.07, 6.45) is 2.04. The normalized spacial score (nSPS) is 12.4. The molecular weight excluding hydrogens is 278 g/mol. The predicted octanol–water partition coefficient (Wildman–Crippen LogP) is 4.47. The number of aliphatic hydroxyl groups excluding tert-OH is 1. The fourth-order valence-corrected chi connectivity index (χ4v) is 2.57. The molecular formula is C15H16ClNOS. The van der Waals surface area contributed by atoms with Gasteiger partial charge in [0, 0.05) is 21.9 Å². The second kappa shape index (κ2) is 6.94. The molecule has 0 saturated heterocycles. The van der Waals surface area contributed by atoms with E-state index in [0.717, 1.165) is 21.4 Å². The Morgan fingerprint density at radius 1 is 1.21 bits per heavy atom. The summed E-state index contributed by atoms with van der Waals surface area (Å²) < 4.78 is 0. The van der Waals surface area contributed by atoms with Crippen LogP contribution in [0.15, 0.2) is 47.5 Å². The maximum Gasteiger partial charge on any atom is 0.0957 e. The molecule has 1 atom stereocenters. The van der Waals surface area contributed by atoms with Gasteiger partial charge in [-0.15, -0.1) is 11.8 Å². The van der Waals surface area contributed by atoms with Crippen molar-refractivity contribution in [3.8, 4) is 0 Å². The molecule has 1 unspecified atom stereocenters. The van der Waals surface area contributed by atoms with E-state index in [9.17, 15) is 5.11 Å². The number of rotatable bonds is 5. The number of hydrogen-bond acceptors (Lipinski definition) is 3. The van der Waals surface area contributed by atoms with E-state index >= 15 is 0 Å². The van der Waals surface area contributed by atoms with Crippen LogP contribution < -0.4 is 0 Å². The largest absolute Gasteiger partial charge is 0.387 e. The highest BCUT2D eigenvalue weighted by atomic mass is 35.5. The fraction of sp³-hybridized carbons (Fsp3) is 0.267. The molecule has 4 heteroatoms. The molecule has 0 saturated carbocycles. The number of benzene rings is 1. The van der Waals surface area contributed by atoms with Crippen molar-refractivity contribution in [2.24, 2.45) is 0 Å². The molecule has 1 N–H and O–H groups in total. The Morgan fingerprint density at radius 2 is 1.95 bits per heavy atom. The summed E-state index contributed by atoms with van der Waals surface area (Å²) >= 11 is 7.57. The van der Waals surface area contributed by atoms with E-state index in [4.69, 9.17) is 11.6 Å². The quantitative estimate of drug-likeness (QED) is 0.826. The molecule has 0 aliphatic carbocycles. The van der Waals surface area contributed by atoms with Gasteiger partial charge < -0.3 is 5.11 Å². The molecule has 2 rings (SSSR count). The Balaban J connectivity index is 1.94. The summed E-state index contributed by atoms with van der Waals surface area (Å²) in [6, 6.07) is 11.7. The van der Waals surface area contributed by atoms with Gasteiger partial charge in [0.25, 0.3) is 0 Å². The lowest BCUT2D eigenvalue weighted by atomic mass is 10.2. The van der Waals surface area contributed by atoms with Gasteiger partial charge in [0.15, 0.2) is 0 Å². The first-order valence-corrected chi connectivity index (χ1v) is 7.56. The van der Waals surface area contributed by atoms with E-state index < -0.39 is 6.10 Å². The topological polar surface area (TPSA) is 33.1 Å². The number of thioether (sulfide) groups is 1. The molecule has 0 radical (unpaired) electrons. The molecule has 0 fully saturated rings. The second-order valence-electron chi connectivity index (χ2n) is 4.26. The maximum absolute atomic E-state index is 9.67. The first-order valence-electron chi connectivity index (χ1n) is 6.20. The summed E-state index contributed by atoms with van der Waals surface area (Å²) in [4.78, 5) is 5.38. The number of aromatic nitrogens is 1. The minimum absolute atomic E-state index is 0.463. The van der Waals surface area contributed by atoms with Crippen LogP contribution in [0.4, 0.5) is 0 Å².